The third-order valence-electron chi connectivity index (χ3n) is 8.30. The molecule has 0 saturated heterocycles. The van der Waals surface area contributed by atoms with Gasteiger partial charge in [-0.25, -0.2) is 0 Å². The van der Waals surface area contributed by atoms with Crippen molar-refractivity contribution in [3.63, 3.8) is 0 Å². The van der Waals surface area contributed by atoms with E-state index >= 15 is 0 Å². The molecule has 4 aromatic rings. The first-order valence-electron chi connectivity index (χ1n) is 14.4. The molecule has 0 unspecified atom stereocenters. The van der Waals surface area contributed by atoms with Crippen LogP contribution in [0.25, 0.3) is 0 Å². The molecule has 8 heteroatoms. The van der Waals surface area contributed by atoms with Gasteiger partial charge in [0, 0.05) is 29.7 Å². The molecule has 0 heterocycles. The molecule has 0 amide bonds. The molecule has 1 aliphatic rings. The van der Waals surface area contributed by atoms with Crippen LogP contribution in [0, 0.1) is 26.1 Å². The van der Waals surface area contributed by atoms with Gasteiger partial charge >= 0.3 is 0 Å². The molecule has 0 radical (unpaired) electrons. The van der Waals surface area contributed by atoms with Crippen molar-refractivity contribution >= 4 is 11.4 Å². The highest BCUT2D eigenvalue weighted by Gasteiger charge is 2.38. The molecular weight excluding hydrogens is 532 g/mol. The zero-order valence-electron chi connectivity index (χ0n) is 23.6. The van der Waals surface area contributed by atoms with Crippen molar-refractivity contribution in [2.24, 2.45) is 5.92 Å². The van der Waals surface area contributed by atoms with E-state index in [9.17, 15) is 20.2 Å². The number of non-ortho nitro benzene ring substituents is 2. The van der Waals surface area contributed by atoms with Crippen LogP contribution in [0.1, 0.15) is 63.0 Å². The van der Waals surface area contributed by atoms with Gasteiger partial charge in [0.05, 0.1) is 9.85 Å². The van der Waals surface area contributed by atoms with Gasteiger partial charge in [0.25, 0.3) is 11.4 Å². The van der Waals surface area contributed by atoms with Crippen molar-refractivity contribution < 1.29 is 19.3 Å². The number of unbranched alkanes of at least 4 members (excludes halogenated alkanes) is 1. The predicted octanol–water partition coefficient (Wildman–Crippen LogP) is 9.75. The Bertz CT molecular complexity index is 1390. The van der Waals surface area contributed by atoms with E-state index in [0.29, 0.717) is 23.0 Å². The molecule has 1 fully saturated rings. The topological polar surface area (TPSA) is 105 Å². The second-order valence-corrected chi connectivity index (χ2v) is 10.9. The van der Waals surface area contributed by atoms with E-state index in [1.54, 1.807) is 24.3 Å². The summed E-state index contributed by atoms with van der Waals surface area (Å²) >= 11 is 0. The quantitative estimate of drug-likeness (QED) is 0.132. The lowest BCUT2D eigenvalue weighted by atomic mass is 9.62. The lowest BCUT2D eigenvalue weighted by Crippen LogP contribution is -2.33. The first-order chi connectivity index (χ1) is 20.4. The number of hydrogen-bond donors (Lipinski definition) is 0. The van der Waals surface area contributed by atoms with Crippen LogP contribution in [-0.4, -0.2) is 9.85 Å². The lowest BCUT2D eigenvalue weighted by molar-refractivity contribution is -0.385. The Hall–Kier alpha value is -4.72. The Morgan fingerprint density at radius 3 is 1.33 bits per heavy atom. The molecule has 0 aliphatic heterocycles. The minimum Gasteiger partial charge on any atom is -0.457 e. The molecule has 0 atom stereocenters. The predicted molar refractivity (Wildman–Crippen MR) is 161 cm³/mol. The maximum Gasteiger partial charge on any atom is 0.269 e. The summed E-state index contributed by atoms with van der Waals surface area (Å²) < 4.78 is 11.9. The second kappa shape index (κ2) is 12.9. The van der Waals surface area contributed by atoms with Gasteiger partial charge in [0.2, 0.25) is 0 Å². The van der Waals surface area contributed by atoms with Crippen LogP contribution in [0.3, 0.4) is 0 Å². The number of ether oxygens (including phenoxy) is 2. The maximum absolute atomic E-state index is 10.9. The van der Waals surface area contributed by atoms with E-state index in [1.807, 2.05) is 24.3 Å². The summed E-state index contributed by atoms with van der Waals surface area (Å²) in [5, 5.41) is 21.9. The van der Waals surface area contributed by atoms with Crippen LogP contribution in [-0.2, 0) is 5.41 Å². The third kappa shape index (κ3) is 6.60. The molecule has 216 valence electrons. The molecule has 1 aliphatic carbocycles. The van der Waals surface area contributed by atoms with E-state index in [2.05, 4.69) is 31.2 Å². The highest BCUT2D eigenvalue weighted by atomic mass is 16.6. The van der Waals surface area contributed by atoms with Gasteiger partial charge in [-0.3, -0.25) is 20.2 Å². The fourth-order valence-corrected chi connectivity index (χ4v) is 5.92. The zero-order chi connectivity index (χ0) is 29.5. The Balaban J connectivity index is 1.36. The average Bonchev–Trinajstić information content (AvgIpc) is 3.01. The fraction of sp³-hybridized carbons (Fsp3) is 0.294. The van der Waals surface area contributed by atoms with E-state index < -0.39 is 9.85 Å². The summed E-state index contributed by atoms with van der Waals surface area (Å²) in [5.74, 6) is 3.18. The largest absolute Gasteiger partial charge is 0.457 e. The third-order valence-corrected chi connectivity index (χ3v) is 8.30. The smallest absolute Gasteiger partial charge is 0.269 e. The van der Waals surface area contributed by atoms with E-state index in [0.717, 1.165) is 18.8 Å². The number of benzene rings is 4. The molecule has 4 aromatic carbocycles. The molecule has 8 nitrogen and oxygen atoms in total. The Kier molecular flexibility index (Phi) is 8.81. The Labute approximate surface area is 245 Å². The highest BCUT2D eigenvalue weighted by Crippen LogP contribution is 2.48. The first kappa shape index (κ1) is 28.8. The van der Waals surface area contributed by atoms with Crippen molar-refractivity contribution in [3.05, 3.63) is 128 Å². The van der Waals surface area contributed by atoms with Gasteiger partial charge in [0.1, 0.15) is 23.0 Å². The zero-order valence-corrected chi connectivity index (χ0v) is 23.6. The van der Waals surface area contributed by atoms with E-state index in [4.69, 9.17) is 9.47 Å². The van der Waals surface area contributed by atoms with Gasteiger partial charge in [-0.15, -0.1) is 0 Å². The summed E-state index contributed by atoms with van der Waals surface area (Å²) in [6.07, 6.45) is 8.19. The standard InChI is InChI=1S/C34H34N2O6/c1-2-3-4-25-21-23-34(24-22-25,26-5-13-30(14-6-26)41-32-17-9-28(10-18-32)35(37)38)27-7-15-31(16-8-27)42-33-19-11-29(12-20-33)36(39)40/h5-20,25H,2-4,21-24H2,1H3. The van der Waals surface area contributed by atoms with Gasteiger partial charge in [0.15, 0.2) is 0 Å². The van der Waals surface area contributed by atoms with E-state index in [1.165, 1.54) is 67.5 Å². The summed E-state index contributed by atoms with van der Waals surface area (Å²) in [6.45, 7) is 2.24. The molecule has 0 bridgehead atoms. The SMILES string of the molecule is CCCCC1CCC(c2ccc(Oc3ccc([N+](=O)[O-])cc3)cc2)(c2ccc(Oc3ccc([N+](=O)[O-])cc3)cc2)CC1. The highest BCUT2D eigenvalue weighted by molar-refractivity contribution is 5.46. The Morgan fingerprint density at radius 1 is 0.643 bits per heavy atom. The number of nitro benzene ring substituents is 2. The number of rotatable bonds is 11. The normalized spacial score (nSPS) is 14.7. The van der Waals surface area contributed by atoms with Gasteiger partial charge in [-0.05, 0) is 91.3 Å². The summed E-state index contributed by atoms with van der Waals surface area (Å²) in [4.78, 5) is 21.0. The van der Waals surface area contributed by atoms with Crippen LogP contribution in [0.5, 0.6) is 23.0 Å². The van der Waals surface area contributed by atoms with Gasteiger partial charge < -0.3 is 9.47 Å². The molecular formula is C34H34N2O6. The van der Waals surface area contributed by atoms with Crippen molar-refractivity contribution in [3.8, 4) is 23.0 Å². The first-order valence-corrected chi connectivity index (χ1v) is 14.4. The average molecular weight is 567 g/mol. The fourth-order valence-electron chi connectivity index (χ4n) is 5.92. The minimum absolute atomic E-state index is 0.0262. The summed E-state index contributed by atoms with van der Waals surface area (Å²) in [6, 6.07) is 28.5. The number of nitro groups is 2. The van der Waals surface area contributed by atoms with Crippen molar-refractivity contribution in [2.75, 3.05) is 0 Å². The van der Waals surface area contributed by atoms with Crippen molar-refractivity contribution in [1.29, 1.82) is 0 Å². The molecule has 0 N–H and O–H groups in total. The van der Waals surface area contributed by atoms with Crippen LogP contribution in [0.15, 0.2) is 97.1 Å². The van der Waals surface area contributed by atoms with Crippen LogP contribution in [0.4, 0.5) is 11.4 Å². The van der Waals surface area contributed by atoms with Crippen LogP contribution < -0.4 is 9.47 Å². The Morgan fingerprint density at radius 2 is 1.00 bits per heavy atom. The molecule has 42 heavy (non-hydrogen) atoms. The van der Waals surface area contributed by atoms with Crippen molar-refractivity contribution in [2.45, 2.75) is 57.3 Å². The maximum atomic E-state index is 10.9. The second-order valence-electron chi connectivity index (χ2n) is 10.9. The van der Waals surface area contributed by atoms with Crippen molar-refractivity contribution in [1.82, 2.24) is 0 Å². The van der Waals surface area contributed by atoms with E-state index in [-0.39, 0.29) is 16.8 Å². The minimum atomic E-state index is -0.427. The summed E-state index contributed by atoms with van der Waals surface area (Å²) in [5.41, 5.74) is 2.38. The number of nitrogens with zero attached hydrogens (tertiary/aromatic N) is 2. The molecule has 5 rings (SSSR count). The number of hydrogen-bond acceptors (Lipinski definition) is 6. The monoisotopic (exact) mass is 566 g/mol. The van der Waals surface area contributed by atoms with Gasteiger partial charge in [-0.1, -0.05) is 50.5 Å². The lowest BCUT2D eigenvalue weighted by Gasteiger charge is -2.41. The van der Waals surface area contributed by atoms with Crippen LogP contribution in [0.2, 0.25) is 0 Å². The molecule has 0 spiro atoms. The summed E-state index contributed by atoms with van der Waals surface area (Å²) in [7, 11) is 0. The molecule has 0 aromatic heterocycles. The van der Waals surface area contributed by atoms with Gasteiger partial charge in [-0.2, -0.15) is 0 Å². The van der Waals surface area contributed by atoms with Crippen LogP contribution >= 0.6 is 0 Å². The molecule has 1 saturated carbocycles.